The van der Waals surface area contributed by atoms with Gasteiger partial charge in [-0.25, -0.2) is 0 Å². The first-order chi connectivity index (χ1) is 9.55. The molecule has 0 aromatic heterocycles. The second-order valence-corrected chi connectivity index (χ2v) is 8.39. The molecule has 1 aliphatic heterocycles. The SMILES string of the molecule is CC1(C)CC(OS(=O)(=O)c2ccccc2)CC(C)(C)N1[O]. The number of hydrogen-bond acceptors (Lipinski definition) is 4. The minimum absolute atomic E-state index is 0.144. The Morgan fingerprint density at radius 3 is 2.00 bits per heavy atom. The van der Waals surface area contributed by atoms with Crippen LogP contribution in [0.25, 0.3) is 0 Å². The van der Waals surface area contributed by atoms with Gasteiger partial charge in [-0.15, -0.1) is 10.3 Å². The third-order valence-electron chi connectivity index (χ3n) is 3.85. The van der Waals surface area contributed by atoms with Crippen LogP contribution >= 0.6 is 0 Å². The molecule has 117 valence electrons. The molecular weight excluding hydrogens is 290 g/mol. The summed E-state index contributed by atoms with van der Waals surface area (Å²) in [6.07, 6.45) is 0.267. The lowest BCUT2D eigenvalue weighted by molar-refractivity contribution is -0.296. The molecule has 1 aromatic carbocycles. The van der Waals surface area contributed by atoms with Gasteiger partial charge in [-0.3, -0.25) is 4.18 Å². The first kappa shape index (κ1) is 16.4. The van der Waals surface area contributed by atoms with Crippen molar-refractivity contribution in [2.75, 3.05) is 0 Å². The predicted octanol–water partition coefficient (Wildman–Crippen LogP) is 2.76. The molecule has 1 heterocycles. The summed E-state index contributed by atoms with van der Waals surface area (Å²) in [5.41, 5.74) is -1.31. The van der Waals surface area contributed by atoms with Gasteiger partial charge in [-0.05, 0) is 52.7 Å². The Bertz CT molecular complexity index is 577. The monoisotopic (exact) mass is 312 g/mol. The molecule has 0 unspecified atom stereocenters. The summed E-state index contributed by atoms with van der Waals surface area (Å²) in [4.78, 5) is 0.144. The predicted molar refractivity (Wildman–Crippen MR) is 78.4 cm³/mol. The molecular formula is C15H22NO4S. The van der Waals surface area contributed by atoms with Gasteiger partial charge >= 0.3 is 0 Å². The fraction of sp³-hybridized carbons (Fsp3) is 0.600. The molecule has 0 spiro atoms. The first-order valence-electron chi connectivity index (χ1n) is 7.00. The normalized spacial score (nSPS) is 23.1. The summed E-state index contributed by atoms with van der Waals surface area (Å²) in [6, 6.07) is 8.08. The third-order valence-corrected chi connectivity index (χ3v) is 5.22. The van der Waals surface area contributed by atoms with Crippen LogP contribution in [-0.2, 0) is 19.5 Å². The Morgan fingerprint density at radius 1 is 1.05 bits per heavy atom. The van der Waals surface area contributed by atoms with Crippen molar-refractivity contribution in [3.8, 4) is 0 Å². The molecule has 5 nitrogen and oxygen atoms in total. The maximum Gasteiger partial charge on any atom is 0.297 e. The summed E-state index contributed by atoms with van der Waals surface area (Å²) in [6.45, 7) is 7.25. The summed E-state index contributed by atoms with van der Waals surface area (Å²) in [7, 11) is -3.80. The van der Waals surface area contributed by atoms with Crippen LogP contribution in [0.3, 0.4) is 0 Å². The van der Waals surface area contributed by atoms with Crippen LogP contribution in [0.15, 0.2) is 35.2 Å². The van der Waals surface area contributed by atoms with E-state index in [2.05, 4.69) is 0 Å². The molecule has 2 rings (SSSR count). The number of nitrogens with zero attached hydrogens (tertiary/aromatic N) is 1. The van der Waals surface area contributed by atoms with E-state index in [0.29, 0.717) is 12.8 Å². The van der Waals surface area contributed by atoms with Crippen LogP contribution in [0, 0.1) is 0 Å². The summed E-state index contributed by atoms with van der Waals surface area (Å²) in [5.74, 6) is 0. The zero-order valence-corrected chi connectivity index (χ0v) is 13.7. The van der Waals surface area contributed by atoms with E-state index in [1.54, 1.807) is 18.2 Å². The fourth-order valence-corrected chi connectivity index (χ4v) is 4.16. The van der Waals surface area contributed by atoms with Crippen molar-refractivity contribution < 1.29 is 17.8 Å². The van der Waals surface area contributed by atoms with Crippen LogP contribution in [-0.4, -0.2) is 30.7 Å². The highest BCUT2D eigenvalue weighted by Crippen LogP contribution is 2.39. The van der Waals surface area contributed by atoms with Crippen molar-refractivity contribution in [3.63, 3.8) is 0 Å². The van der Waals surface area contributed by atoms with E-state index < -0.39 is 27.3 Å². The van der Waals surface area contributed by atoms with E-state index in [9.17, 15) is 13.6 Å². The van der Waals surface area contributed by atoms with Crippen molar-refractivity contribution in [2.24, 2.45) is 0 Å². The van der Waals surface area contributed by atoms with Crippen molar-refractivity contribution in [3.05, 3.63) is 30.3 Å². The van der Waals surface area contributed by atoms with E-state index >= 15 is 0 Å². The van der Waals surface area contributed by atoms with E-state index in [0.717, 1.165) is 5.06 Å². The van der Waals surface area contributed by atoms with Gasteiger partial charge in [-0.2, -0.15) is 8.42 Å². The Kier molecular flexibility index (Phi) is 4.19. The standard InChI is InChI=1S/C15H22NO4S/c1-14(2)10-12(11-15(3,4)16(14)17)20-21(18,19)13-8-6-5-7-9-13/h5-9,12H,10-11H2,1-4H3. The van der Waals surface area contributed by atoms with E-state index in [1.807, 2.05) is 27.7 Å². The van der Waals surface area contributed by atoms with Crippen LogP contribution in [0.1, 0.15) is 40.5 Å². The molecule has 0 saturated carbocycles. The average Bonchev–Trinajstić information content (AvgIpc) is 2.36. The lowest BCUT2D eigenvalue weighted by atomic mass is 9.80. The van der Waals surface area contributed by atoms with Gasteiger partial charge in [0.15, 0.2) is 0 Å². The number of piperidine rings is 1. The Balaban J connectivity index is 2.21. The third kappa shape index (κ3) is 3.45. The van der Waals surface area contributed by atoms with E-state index in [4.69, 9.17) is 4.18 Å². The first-order valence-corrected chi connectivity index (χ1v) is 8.41. The zero-order valence-electron chi connectivity index (χ0n) is 12.9. The van der Waals surface area contributed by atoms with Crippen LogP contribution in [0.5, 0.6) is 0 Å². The molecule has 6 heteroatoms. The molecule has 0 N–H and O–H groups in total. The van der Waals surface area contributed by atoms with Crippen LogP contribution in [0.4, 0.5) is 0 Å². The molecule has 1 aromatic rings. The minimum Gasteiger partial charge on any atom is -0.263 e. The molecule has 1 saturated heterocycles. The Labute approximate surface area is 126 Å². The van der Waals surface area contributed by atoms with Crippen molar-refractivity contribution in [1.29, 1.82) is 0 Å². The fourth-order valence-electron chi connectivity index (χ4n) is 3.06. The molecule has 21 heavy (non-hydrogen) atoms. The molecule has 0 aliphatic carbocycles. The van der Waals surface area contributed by atoms with Gasteiger partial charge in [0.25, 0.3) is 10.1 Å². The zero-order chi connectivity index (χ0) is 15.9. The van der Waals surface area contributed by atoms with Gasteiger partial charge in [-0.1, -0.05) is 18.2 Å². The van der Waals surface area contributed by atoms with Crippen molar-refractivity contribution in [2.45, 2.75) is 62.6 Å². The summed E-state index contributed by atoms with van der Waals surface area (Å²) >= 11 is 0. The topological polar surface area (TPSA) is 66.5 Å². The largest absolute Gasteiger partial charge is 0.297 e. The smallest absolute Gasteiger partial charge is 0.263 e. The highest BCUT2D eigenvalue weighted by atomic mass is 32.2. The summed E-state index contributed by atoms with van der Waals surface area (Å²) < 4.78 is 30.0. The lowest BCUT2D eigenvalue weighted by Crippen LogP contribution is -2.60. The van der Waals surface area contributed by atoms with Gasteiger partial charge in [0.05, 0.1) is 11.0 Å². The second kappa shape index (κ2) is 5.35. The van der Waals surface area contributed by atoms with E-state index in [-0.39, 0.29) is 4.90 Å². The van der Waals surface area contributed by atoms with Crippen molar-refractivity contribution >= 4 is 10.1 Å². The highest BCUT2D eigenvalue weighted by molar-refractivity contribution is 7.86. The lowest BCUT2D eigenvalue weighted by Gasteiger charge is -2.49. The number of rotatable bonds is 3. The Morgan fingerprint density at radius 2 is 1.52 bits per heavy atom. The molecule has 0 amide bonds. The van der Waals surface area contributed by atoms with Crippen LogP contribution in [0.2, 0.25) is 0 Å². The number of hydroxylamine groups is 2. The number of hydrogen-bond donors (Lipinski definition) is 0. The van der Waals surface area contributed by atoms with Crippen LogP contribution < -0.4 is 0 Å². The van der Waals surface area contributed by atoms with Gasteiger partial charge < -0.3 is 0 Å². The van der Waals surface area contributed by atoms with Crippen molar-refractivity contribution in [1.82, 2.24) is 5.06 Å². The maximum absolute atomic E-state index is 12.3. The molecule has 0 atom stereocenters. The number of benzene rings is 1. The minimum atomic E-state index is -3.80. The van der Waals surface area contributed by atoms with Gasteiger partial charge in [0, 0.05) is 11.1 Å². The maximum atomic E-state index is 12.3. The second-order valence-electron chi connectivity index (χ2n) is 6.81. The molecule has 1 aliphatic rings. The molecule has 0 bridgehead atoms. The summed E-state index contributed by atoms with van der Waals surface area (Å²) in [5, 5.41) is 13.3. The highest BCUT2D eigenvalue weighted by Gasteiger charge is 2.47. The van der Waals surface area contributed by atoms with Gasteiger partial charge in [0.1, 0.15) is 0 Å². The van der Waals surface area contributed by atoms with E-state index in [1.165, 1.54) is 12.1 Å². The Hall–Kier alpha value is -0.950. The average molecular weight is 312 g/mol. The molecule has 1 radical (unpaired) electrons. The van der Waals surface area contributed by atoms with Gasteiger partial charge in [0.2, 0.25) is 0 Å². The quantitative estimate of drug-likeness (QED) is 0.805. The molecule has 1 fully saturated rings.